The molecule has 0 saturated carbocycles. The molecule has 2 heterocycles. The van der Waals surface area contributed by atoms with Crippen molar-refractivity contribution in [2.45, 2.75) is 25.3 Å². The SMILES string of the molecule is CN1CCCC1c1nc(CCN)no1. The summed E-state index contributed by atoms with van der Waals surface area (Å²) < 4.78 is 5.21. The fraction of sp³-hybridized carbons (Fsp3) is 0.778. The summed E-state index contributed by atoms with van der Waals surface area (Å²) >= 11 is 0. The minimum atomic E-state index is 0.314. The van der Waals surface area contributed by atoms with Gasteiger partial charge in [-0.2, -0.15) is 4.98 Å². The zero-order valence-electron chi connectivity index (χ0n) is 8.44. The van der Waals surface area contributed by atoms with Gasteiger partial charge in [-0.05, 0) is 33.0 Å². The zero-order chi connectivity index (χ0) is 9.97. The number of rotatable bonds is 3. The van der Waals surface area contributed by atoms with Gasteiger partial charge in [-0.1, -0.05) is 5.16 Å². The summed E-state index contributed by atoms with van der Waals surface area (Å²) in [5.74, 6) is 1.47. The molecule has 0 bridgehead atoms. The quantitative estimate of drug-likeness (QED) is 0.755. The molecule has 1 aliphatic rings. The van der Waals surface area contributed by atoms with E-state index in [1.54, 1.807) is 0 Å². The van der Waals surface area contributed by atoms with Crippen molar-refractivity contribution in [3.8, 4) is 0 Å². The number of aromatic nitrogens is 2. The van der Waals surface area contributed by atoms with Crippen molar-refractivity contribution in [3.05, 3.63) is 11.7 Å². The molecule has 1 unspecified atom stereocenters. The van der Waals surface area contributed by atoms with E-state index in [2.05, 4.69) is 22.1 Å². The van der Waals surface area contributed by atoms with Crippen molar-refractivity contribution in [2.24, 2.45) is 5.73 Å². The van der Waals surface area contributed by atoms with Crippen molar-refractivity contribution in [3.63, 3.8) is 0 Å². The minimum Gasteiger partial charge on any atom is -0.338 e. The Bertz CT molecular complexity index is 299. The molecule has 0 aliphatic carbocycles. The Morgan fingerprint density at radius 2 is 2.50 bits per heavy atom. The van der Waals surface area contributed by atoms with Crippen molar-refractivity contribution in [2.75, 3.05) is 20.1 Å². The highest BCUT2D eigenvalue weighted by molar-refractivity contribution is 4.96. The van der Waals surface area contributed by atoms with E-state index in [1.807, 2.05) is 0 Å². The van der Waals surface area contributed by atoms with E-state index >= 15 is 0 Å². The molecule has 1 saturated heterocycles. The molecule has 1 aromatic rings. The van der Waals surface area contributed by atoms with Crippen LogP contribution in [0.2, 0.25) is 0 Å². The lowest BCUT2D eigenvalue weighted by molar-refractivity contribution is 0.244. The Kier molecular flexibility index (Phi) is 2.79. The maximum atomic E-state index is 5.42. The molecule has 0 amide bonds. The van der Waals surface area contributed by atoms with Crippen molar-refractivity contribution in [1.29, 1.82) is 0 Å². The Hall–Kier alpha value is -0.940. The van der Waals surface area contributed by atoms with Crippen LogP contribution in [0.3, 0.4) is 0 Å². The average molecular weight is 196 g/mol. The lowest BCUT2D eigenvalue weighted by Gasteiger charge is -2.14. The monoisotopic (exact) mass is 196 g/mol. The van der Waals surface area contributed by atoms with Crippen LogP contribution in [-0.2, 0) is 6.42 Å². The molecule has 1 aliphatic heterocycles. The lowest BCUT2D eigenvalue weighted by atomic mass is 10.2. The highest BCUT2D eigenvalue weighted by atomic mass is 16.5. The van der Waals surface area contributed by atoms with Crippen LogP contribution in [0.1, 0.15) is 30.6 Å². The van der Waals surface area contributed by atoms with Crippen LogP contribution < -0.4 is 5.73 Å². The van der Waals surface area contributed by atoms with Crippen LogP contribution >= 0.6 is 0 Å². The Balaban J connectivity index is 2.08. The molecule has 14 heavy (non-hydrogen) atoms. The smallest absolute Gasteiger partial charge is 0.243 e. The number of hydrogen-bond acceptors (Lipinski definition) is 5. The van der Waals surface area contributed by atoms with E-state index < -0.39 is 0 Å². The first kappa shape index (κ1) is 9.61. The van der Waals surface area contributed by atoms with Gasteiger partial charge in [-0.3, -0.25) is 4.90 Å². The van der Waals surface area contributed by atoms with Gasteiger partial charge in [0.05, 0.1) is 6.04 Å². The summed E-state index contributed by atoms with van der Waals surface area (Å²) in [6.07, 6.45) is 3.01. The first-order chi connectivity index (χ1) is 6.81. The summed E-state index contributed by atoms with van der Waals surface area (Å²) in [6, 6.07) is 0.314. The van der Waals surface area contributed by atoms with Crippen LogP contribution in [0.5, 0.6) is 0 Å². The number of nitrogens with two attached hydrogens (primary N) is 1. The van der Waals surface area contributed by atoms with E-state index in [1.165, 1.54) is 6.42 Å². The van der Waals surface area contributed by atoms with Crippen LogP contribution in [0.25, 0.3) is 0 Å². The highest BCUT2D eigenvalue weighted by Crippen LogP contribution is 2.28. The van der Waals surface area contributed by atoms with Crippen molar-refractivity contribution >= 4 is 0 Å². The molecule has 0 radical (unpaired) electrons. The third kappa shape index (κ3) is 1.78. The molecule has 2 N–H and O–H groups in total. The molecule has 78 valence electrons. The lowest BCUT2D eigenvalue weighted by Crippen LogP contribution is -2.17. The first-order valence-electron chi connectivity index (χ1n) is 5.04. The second-order valence-electron chi connectivity index (χ2n) is 3.73. The standard InChI is InChI=1S/C9H16N4O/c1-13-6-2-3-7(13)9-11-8(4-5-10)12-14-9/h7H,2-6,10H2,1H3. The average Bonchev–Trinajstić information content (AvgIpc) is 2.74. The number of likely N-dealkylation sites (tertiary alicyclic amines) is 1. The fourth-order valence-corrected chi connectivity index (χ4v) is 1.86. The molecule has 0 aromatic carbocycles. The largest absolute Gasteiger partial charge is 0.338 e. The van der Waals surface area contributed by atoms with Crippen molar-refractivity contribution < 1.29 is 4.52 Å². The third-order valence-corrected chi connectivity index (χ3v) is 2.66. The number of hydrogen-bond donors (Lipinski definition) is 1. The summed E-state index contributed by atoms with van der Waals surface area (Å²) in [7, 11) is 2.09. The predicted octanol–water partition coefficient (Wildman–Crippen LogP) is 0.338. The molecule has 2 rings (SSSR count). The summed E-state index contributed by atoms with van der Waals surface area (Å²) in [6.45, 7) is 1.68. The van der Waals surface area contributed by atoms with Gasteiger partial charge in [0, 0.05) is 6.42 Å². The highest BCUT2D eigenvalue weighted by Gasteiger charge is 2.27. The van der Waals surface area contributed by atoms with Crippen LogP contribution in [0, 0.1) is 0 Å². The van der Waals surface area contributed by atoms with Crippen LogP contribution in [-0.4, -0.2) is 35.2 Å². The van der Waals surface area contributed by atoms with Gasteiger partial charge < -0.3 is 10.3 Å². The number of nitrogens with zero attached hydrogens (tertiary/aromatic N) is 3. The molecule has 1 aromatic heterocycles. The zero-order valence-corrected chi connectivity index (χ0v) is 8.44. The van der Waals surface area contributed by atoms with Crippen LogP contribution in [0.15, 0.2) is 4.52 Å². The van der Waals surface area contributed by atoms with E-state index in [9.17, 15) is 0 Å². The molecule has 1 atom stereocenters. The maximum absolute atomic E-state index is 5.42. The van der Waals surface area contributed by atoms with Gasteiger partial charge in [-0.25, -0.2) is 0 Å². The second-order valence-corrected chi connectivity index (χ2v) is 3.73. The van der Waals surface area contributed by atoms with Gasteiger partial charge in [-0.15, -0.1) is 0 Å². The molecule has 1 fully saturated rings. The van der Waals surface area contributed by atoms with E-state index in [0.717, 1.165) is 24.7 Å². The molecular weight excluding hydrogens is 180 g/mol. The second kappa shape index (κ2) is 4.06. The van der Waals surface area contributed by atoms with Crippen molar-refractivity contribution in [1.82, 2.24) is 15.0 Å². The third-order valence-electron chi connectivity index (χ3n) is 2.66. The van der Waals surface area contributed by atoms with Gasteiger partial charge in [0.1, 0.15) is 0 Å². The van der Waals surface area contributed by atoms with Crippen LogP contribution in [0.4, 0.5) is 0 Å². The van der Waals surface area contributed by atoms with E-state index in [4.69, 9.17) is 10.3 Å². The predicted molar refractivity (Wildman–Crippen MR) is 51.7 cm³/mol. The Morgan fingerprint density at radius 1 is 1.64 bits per heavy atom. The Morgan fingerprint density at radius 3 is 3.14 bits per heavy atom. The topological polar surface area (TPSA) is 68.2 Å². The molecule has 5 nitrogen and oxygen atoms in total. The normalized spacial score (nSPS) is 23.1. The summed E-state index contributed by atoms with van der Waals surface area (Å²) in [5.41, 5.74) is 5.42. The molecule has 0 spiro atoms. The fourth-order valence-electron chi connectivity index (χ4n) is 1.86. The van der Waals surface area contributed by atoms with E-state index in [-0.39, 0.29) is 0 Å². The summed E-state index contributed by atoms with van der Waals surface area (Å²) in [4.78, 5) is 6.58. The van der Waals surface area contributed by atoms with Gasteiger partial charge in [0.25, 0.3) is 0 Å². The molecular formula is C9H16N4O. The van der Waals surface area contributed by atoms with Gasteiger partial charge >= 0.3 is 0 Å². The minimum absolute atomic E-state index is 0.314. The molecule has 5 heteroatoms. The van der Waals surface area contributed by atoms with Gasteiger partial charge in [0.2, 0.25) is 5.89 Å². The van der Waals surface area contributed by atoms with E-state index in [0.29, 0.717) is 19.0 Å². The maximum Gasteiger partial charge on any atom is 0.243 e. The Labute approximate surface area is 83.3 Å². The first-order valence-corrected chi connectivity index (χ1v) is 5.04. The summed E-state index contributed by atoms with van der Waals surface area (Å²) in [5, 5.41) is 3.89. The van der Waals surface area contributed by atoms with Gasteiger partial charge in [0.15, 0.2) is 5.82 Å².